The van der Waals surface area contributed by atoms with Gasteiger partial charge in [-0.25, -0.2) is 0 Å². The first kappa shape index (κ1) is 16.2. The van der Waals surface area contributed by atoms with Gasteiger partial charge in [-0.3, -0.25) is 4.79 Å². The number of nitrogens with zero attached hydrogens (tertiary/aromatic N) is 1. The van der Waals surface area contributed by atoms with Gasteiger partial charge in [-0.05, 0) is 37.2 Å². The summed E-state index contributed by atoms with van der Waals surface area (Å²) in [6.07, 6.45) is 0.686. The highest BCUT2D eigenvalue weighted by atomic mass is 16.5. The van der Waals surface area contributed by atoms with Crippen molar-refractivity contribution in [2.24, 2.45) is 5.92 Å². The van der Waals surface area contributed by atoms with Crippen molar-refractivity contribution in [3.8, 4) is 11.1 Å². The van der Waals surface area contributed by atoms with Crippen molar-refractivity contribution in [3.05, 3.63) is 60.2 Å². The van der Waals surface area contributed by atoms with Gasteiger partial charge in [0.2, 0.25) is 0 Å². The molecule has 0 radical (unpaired) electrons. The van der Waals surface area contributed by atoms with E-state index in [1.54, 1.807) is 0 Å². The third-order valence-corrected chi connectivity index (χ3v) is 3.64. The van der Waals surface area contributed by atoms with Gasteiger partial charge < -0.3 is 9.64 Å². The molecule has 0 heterocycles. The van der Waals surface area contributed by atoms with Gasteiger partial charge in [0, 0.05) is 6.54 Å². The van der Waals surface area contributed by atoms with Gasteiger partial charge >= 0.3 is 5.97 Å². The Morgan fingerprint density at radius 2 is 1.73 bits per heavy atom. The Bertz CT molecular complexity index is 608. The van der Waals surface area contributed by atoms with Crippen molar-refractivity contribution in [3.63, 3.8) is 0 Å². The van der Waals surface area contributed by atoms with Gasteiger partial charge in [-0.2, -0.15) is 0 Å². The van der Waals surface area contributed by atoms with Crippen LogP contribution in [0.3, 0.4) is 0 Å². The SMILES string of the molecule is COC(=O)C(Cc1cccc(-c2ccccc2)c1)CN(C)C. The van der Waals surface area contributed by atoms with Crippen molar-refractivity contribution in [1.82, 2.24) is 4.90 Å². The Kier molecular flexibility index (Phi) is 5.73. The summed E-state index contributed by atoms with van der Waals surface area (Å²) in [5.41, 5.74) is 3.51. The molecule has 0 amide bonds. The van der Waals surface area contributed by atoms with E-state index in [2.05, 4.69) is 30.3 Å². The predicted octanol–water partition coefficient (Wildman–Crippen LogP) is 3.25. The monoisotopic (exact) mass is 297 g/mol. The van der Waals surface area contributed by atoms with Crippen LogP contribution in [0.1, 0.15) is 5.56 Å². The minimum absolute atomic E-state index is 0.147. The van der Waals surface area contributed by atoms with E-state index in [0.717, 1.165) is 5.56 Å². The van der Waals surface area contributed by atoms with Gasteiger partial charge in [0.1, 0.15) is 0 Å². The molecule has 0 aliphatic rings. The second kappa shape index (κ2) is 7.76. The number of ether oxygens (including phenoxy) is 1. The molecule has 1 atom stereocenters. The molecule has 0 bridgehead atoms. The summed E-state index contributed by atoms with van der Waals surface area (Å²) in [6.45, 7) is 0.683. The van der Waals surface area contributed by atoms with E-state index in [-0.39, 0.29) is 11.9 Å². The molecule has 2 aromatic rings. The number of carbonyl (C=O) groups is 1. The first-order valence-corrected chi connectivity index (χ1v) is 7.47. The van der Waals surface area contributed by atoms with Crippen LogP contribution in [0.4, 0.5) is 0 Å². The lowest BCUT2D eigenvalue weighted by atomic mass is 9.95. The lowest BCUT2D eigenvalue weighted by molar-refractivity contribution is -0.145. The molecule has 0 N–H and O–H groups in total. The summed E-state index contributed by atoms with van der Waals surface area (Å²) >= 11 is 0. The maximum absolute atomic E-state index is 12.0. The number of esters is 1. The standard InChI is InChI=1S/C19H23NO2/c1-20(2)14-18(19(21)22-3)13-15-8-7-11-17(12-15)16-9-5-4-6-10-16/h4-12,18H,13-14H2,1-3H3. The fraction of sp³-hybridized carbons (Fsp3) is 0.316. The zero-order valence-electron chi connectivity index (χ0n) is 13.5. The number of rotatable bonds is 6. The van der Waals surface area contributed by atoms with Gasteiger partial charge in [0.05, 0.1) is 13.0 Å². The van der Waals surface area contributed by atoms with E-state index in [0.29, 0.717) is 13.0 Å². The molecule has 0 saturated heterocycles. The molecule has 0 fully saturated rings. The average molecular weight is 297 g/mol. The highest BCUT2D eigenvalue weighted by Crippen LogP contribution is 2.22. The first-order chi connectivity index (χ1) is 10.6. The number of hydrogen-bond donors (Lipinski definition) is 0. The Labute approximate surface area is 132 Å². The number of carbonyl (C=O) groups excluding carboxylic acids is 1. The van der Waals surface area contributed by atoms with Crippen LogP contribution >= 0.6 is 0 Å². The van der Waals surface area contributed by atoms with Crippen molar-refractivity contribution in [2.75, 3.05) is 27.7 Å². The third-order valence-electron chi connectivity index (χ3n) is 3.64. The topological polar surface area (TPSA) is 29.5 Å². The van der Waals surface area contributed by atoms with Crippen LogP contribution in [0.5, 0.6) is 0 Å². The molecular weight excluding hydrogens is 274 g/mol. The van der Waals surface area contributed by atoms with Crippen molar-refractivity contribution < 1.29 is 9.53 Å². The zero-order valence-corrected chi connectivity index (χ0v) is 13.5. The molecule has 3 heteroatoms. The summed E-state index contributed by atoms with van der Waals surface area (Å²) in [4.78, 5) is 14.0. The second-order valence-electron chi connectivity index (χ2n) is 5.75. The minimum Gasteiger partial charge on any atom is -0.469 e. The summed E-state index contributed by atoms with van der Waals surface area (Å²) < 4.78 is 4.93. The molecule has 2 aromatic carbocycles. The van der Waals surface area contributed by atoms with Crippen molar-refractivity contribution in [1.29, 1.82) is 0 Å². The predicted molar refractivity (Wildman–Crippen MR) is 89.6 cm³/mol. The second-order valence-corrected chi connectivity index (χ2v) is 5.75. The molecule has 0 aliphatic heterocycles. The molecule has 0 saturated carbocycles. The van der Waals surface area contributed by atoms with Crippen molar-refractivity contribution in [2.45, 2.75) is 6.42 Å². The lowest BCUT2D eigenvalue weighted by Gasteiger charge is -2.19. The summed E-state index contributed by atoms with van der Waals surface area (Å²) in [6, 6.07) is 18.6. The van der Waals surface area contributed by atoms with Gasteiger partial charge in [0.25, 0.3) is 0 Å². The molecular formula is C19H23NO2. The largest absolute Gasteiger partial charge is 0.469 e. The maximum atomic E-state index is 12.0. The first-order valence-electron chi connectivity index (χ1n) is 7.47. The number of benzene rings is 2. The van der Waals surface area contributed by atoms with Gasteiger partial charge in [-0.1, -0.05) is 54.6 Å². The molecule has 2 rings (SSSR count). The zero-order chi connectivity index (χ0) is 15.9. The van der Waals surface area contributed by atoms with E-state index < -0.39 is 0 Å². The third kappa shape index (κ3) is 4.43. The Balaban J connectivity index is 2.19. The Morgan fingerprint density at radius 3 is 2.36 bits per heavy atom. The fourth-order valence-electron chi connectivity index (χ4n) is 2.62. The van der Waals surface area contributed by atoms with Crippen LogP contribution in [0.15, 0.2) is 54.6 Å². The summed E-state index contributed by atoms with van der Waals surface area (Å²) in [5.74, 6) is -0.301. The highest BCUT2D eigenvalue weighted by molar-refractivity contribution is 5.73. The molecule has 0 aliphatic carbocycles. The summed E-state index contributed by atoms with van der Waals surface area (Å²) in [7, 11) is 5.39. The van der Waals surface area contributed by atoms with Crippen molar-refractivity contribution >= 4 is 5.97 Å². The van der Waals surface area contributed by atoms with Crippen LogP contribution in [0.2, 0.25) is 0 Å². The number of methoxy groups -OCH3 is 1. The van der Waals surface area contributed by atoms with Crippen LogP contribution in [-0.4, -0.2) is 38.6 Å². The molecule has 1 unspecified atom stereocenters. The quantitative estimate of drug-likeness (QED) is 0.767. The van der Waals surface area contributed by atoms with Crippen LogP contribution in [0, 0.1) is 5.92 Å². The molecule has 116 valence electrons. The van der Waals surface area contributed by atoms with Gasteiger partial charge in [0.15, 0.2) is 0 Å². The Morgan fingerprint density at radius 1 is 1.05 bits per heavy atom. The van der Waals surface area contributed by atoms with E-state index >= 15 is 0 Å². The minimum atomic E-state index is -0.154. The molecule has 0 spiro atoms. The fourth-order valence-corrected chi connectivity index (χ4v) is 2.62. The van der Waals surface area contributed by atoms with E-state index in [9.17, 15) is 4.79 Å². The maximum Gasteiger partial charge on any atom is 0.310 e. The van der Waals surface area contributed by atoms with Crippen LogP contribution in [0.25, 0.3) is 11.1 Å². The smallest absolute Gasteiger partial charge is 0.310 e. The molecule has 0 aromatic heterocycles. The summed E-state index contributed by atoms with van der Waals surface area (Å²) in [5, 5.41) is 0. The Hall–Kier alpha value is -2.13. The van der Waals surface area contributed by atoms with E-state index in [1.165, 1.54) is 18.2 Å². The normalized spacial score (nSPS) is 12.2. The average Bonchev–Trinajstić information content (AvgIpc) is 2.54. The highest BCUT2D eigenvalue weighted by Gasteiger charge is 2.20. The van der Waals surface area contributed by atoms with Gasteiger partial charge in [-0.15, -0.1) is 0 Å². The number of hydrogen-bond acceptors (Lipinski definition) is 3. The molecule has 22 heavy (non-hydrogen) atoms. The lowest BCUT2D eigenvalue weighted by Crippen LogP contribution is -2.30. The van der Waals surface area contributed by atoms with Crippen LogP contribution < -0.4 is 0 Å². The van der Waals surface area contributed by atoms with Crippen LogP contribution in [-0.2, 0) is 16.0 Å². The van der Waals surface area contributed by atoms with E-state index in [1.807, 2.05) is 43.3 Å². The van der Waals surface area contributed by atoms with E-state index in [4.69, 9.17) is 4.74 Å². The molecule has 3 nitrogen and oxygen atoms in total.